The highest BCUT2D eigenvalue weighted by atomic mass is 15.0. The normalized spacial score (nSPS) is 11.3. The summed E-state index contributed by atoms with van der Waals surface area (Å²) >= 11 is 0. The number of hydrogen-bond donors (Lipinski definition) is 0. The lowest BCUT2D eigenvalue weighted by Crippen LogP contribution is -2.00. The van der Waals surface area contributed by atoms with Crippen molar-refractivity contribution in [1.29, 1.82) is 0 Å². The second-order valence-corrected chi connectivity index (χ2v) is 16.5. The minimum absolute atomic E-state index is 0.613. The molecule has 0 aliphatic carbocycles. The van der Waals surface area contributed by atoms with Crippen LogP contribution in [0.2, 0.25) is 0 Å². The minimum atomic E-state index is 0.613. The fourth-order valence-corrected chi connectivity index (χ4v) is 9.10. The average Bonchev–Trinajstić information content (AvgIpc) is 3.77. The van der Waals surface area contributed by atoms with Crippen molar-refractivity contribution in [1.82, 2.24) is 29.5 Å². The van der Waals surface area contributed by atoms with E-state index in [0.29, 0.717) is 23.3 Å². The van der Waals surface area contributed by atoms with Gasteiger partial charge in [0.15, 0.2) is 23.3 Å². The van der Waals surface area contributed by atoms with Gasteiger partial charge in [-0.25, -0.2) is 24.9 Å². The van der Waals surface area contributed by atoms with Crippen LogP contribution in [0.1, 0.15) is 0 Å². The van der Waals surface area contributed by atoms with Crippen molar-refractivity contribution < 1.29 is 0 Å². The highest BCUT2D eigenvalue weighted by Gasteiger charge is 2.21. The zero-order valence-electron chi connectivity index (χ0n) is 36.3. The van der Waals surface area contributed by atoms with Gasteiger partial charge in [0.05, 0.1) is 22.4 Å². The van der Waals surface area contributed by atoms with Crippen LogP contribution < -0.4 is 0 Å². The van der Waals surface area contributed by atoms with Gasteiger partial charge in [-0.05, 0) is 41.5 Å². The minimum Gasteiger partial charge on any atom is -0.308 e. The molecule has 6 heteroatoms. The van der Waals surface area contributed by atoms with Gasteiger partial charge < -0.3 is 4.57 Å². The highest BCUT2D eigenvalue weighted by Crippen LogP contribution is 2.43. The summed E-state index contributed by atoms with van der Waals surface area (Å²) in [6, 6.07) is 84.1. The number of hydrogen-bond acceptors (Lipinski definition) is 5. The lowest BCUT2D eigenvalue weighted by molar-refractivity contribution is 1.07. The van der Waals surface area contributed by atoms with Gasteiger partial charge in [0.25, 0.3) is 0 Å². The van der Waals surface area contributed by atoms with Crippen LogP contribution in [0, 0.1) is 0 Å². The first kappa shape index (κ1) is 39.5. The third-order valence-corrected chi connectivity index (χ3v) is 12.3. The average molecular weight is 857 g/mol. The molecule has 12 rings (SSSR count). The molecule has 67 heavy (non-hydrogen) atoms. The second kappa shape index (κ2) is 17.1. The van der Waals surface area contributed by atoms with Gasteiger partial charge >= 0.3 is 0 Å². The number of para-hydroxylation sites is 3. The van der Waals surface area contributed by atoms with E-state index in [1.54, 1.807) is 0 Å². The van der Waals surface area contributed by atoms with Crippen LogP contribution in [-0.2, 0) is 0 Å². The van der Waals surface area contributed by atoms with Gasteiger partial charge in [-0.15, -0.1) is 0 Å². The molecule has 0 spiro atoms. The molecule has 0 saturated heterocycles. The second-order valence-electron chi connectivity index (χ2n) is 16.5. The maximum absolute atomic E-state index is 5.18. The maximum atomic E-state index is 5.18. The number of fused-ring (bicyclic) bond motifs is 3. The van der Waals surface area contributed by atoms with Crippen LogP contribution in [0.25, 0.3) is 118 Å². The van der Waals surface area contributed by atoms with Crippen molar-refractivity contribution in [3.8, 4) is 96.0 Å². The topological polar surface area (TPSA) is 69.4 Å². The Morgan fingerprint density at radius 3 is 1.00 bits per heavy atom. The molecule has 12 aromatic rings. The maximum Gasteiger partial charge on any atom is 0.164 e. The number of benzene rings is 9. The van der Waals surface area contributed by atoms with Crippen molar-refractivity contribution in [3.63, 3.8) is 0 Å². The summed E-state index contributed by atoms with van der Waals surface area (Å²) < 4.78 is 2.43. The van der Waals surface area contributed by atoms with E-state index in [-0.39, 0.29) is 0 Å². The summed E-state index contributed by atoms with van der Waals surface area (Å²) in [7, 11) is 0. The molecule has 0 amide bonds. The zero-order valence-corrected chi connectivity index (χ0v) is 36.3. The van der Waals surface area contributed by atoms with Gasteiger partial charge in [0.1, 0.15) is 0 Å². The SMILES string of the molecule is c1ccc(-c2cc(-c3ccccc3)nc(-c3cccc(-c4cccc5c6cccc(-c7cccc(-c8nc(-c9ccccc9)nc(-c9ccccc9)n8)c7)c6n(-c6ccccc6)c45)c3)n2)cc1. The predicted octanol–water partition coefficient (Wildman–Crippen LogP) is 15.1. The third-order valence-electron chi connectivity index (χ3n) is 12.3. The summed E-state index contributed by atoms with van der Waals surface area (Å²) in [5.74, 6) is 2.54. The van der Waals surface area contributed by atoms with Gasteiger partial charge in [-0.3, -0.25) is 0 Å². The summed E-state index contributed by atoms with van der Waals surface area (Å²) in [6.45, 7) is 0. The van der Waals surface area contributed by atoms with E-state index in [1.807, 2.05) is 97.1 Å². The summed E-state index contributed by atoms with van der Waals surface area (Å²) in [5.41, 5.74) is 15.2. The van der Waals surface area contributed by atoms with Crippen molar-refractivity contribution >= 4 is 21.8 Å². The standard InChI is InChI=1S/C61H40N6/c1-6-20-41(21-7-1)54-40-55(42-22-8-2-9-23-42)63-60(62-54)47-30-16-28-45(38-47)50-34-18-36-52-53-37-19-35-51(57(53)67(56(50)52)49-32-14-5-15-33-49)46-29-17-31-48(39-46)61-65-58(43-24-10-3-11-25-43)64-59(66-61)44-26-12-4-13-27-44/h1-40H. The predicted molar refractivity (Wildman–Crippen MR) is 273 cm³/mol. The molecule has 0 saturated carbocycles. The molecule has 0 aliphatic rings. The van der Waals surface area contributed by atoms with Crippen molar-refractivity contribution in [2.75, 3.05) is 0 Å². The zero-order chi connectivity index (χ0) is 44.5. The number of nitrogens with zero attached hydrogens (tertiary/aromatic N) is 6. The van der Waals surface area contributed by atoms with Crippen molar-refractivity contribution in [2.24, 2.45) is 0 Å². The van der Waals surface area contributed by atoms with Crippen LogP contribution in [-0.4, -0.2) is 29.5 Å². The summed E-state index contributed by atoms with van der Waals surface area (Å²) in [6.07, 6.45) is 0. The van der Waals surface area contributed by atoms with Gasteiger partial charge in [0, 0.05) is 61.0 Å². The fraction of sp³-hybridized carbons (Fsp3) is 0. The highest BCUT2D eigenvalue weighted by molar-refractivity contribution is 6.17. The molecule has 0 radical (unpaired) electrons. The quantitative estimate of drug-likeness (QED) is 0.145. The van der Waals surface area contributed by atoms with E-state index in [1.165, 1.54) is 0 Å². The Balaban J connectivity index is 1.03. The smallest absolute Gasteiger partial charge is 0.164 e. The van der Waals surface area contributed by atoms with E-state index in [9.17, 15) is 0 Å². The number of aromatic nitrogens is 6. The van der Waals surface area contributed by atoms with Gasteiger partial charge in [0.2, 0.25) is 0 Å². The molecule has 314 valence electrons. The van der Waals surface area contributed by atoms with Crippen LogP contribution in [0.15, 0.2) is 243 Å². The van der Waals surface area contributed by atoms with E-state index >= 15 is 0 Å². The Labute approximate surface area is 388 Å². The molecule has 0 fully saturated rings. The Hall–Kier alpha value is -9.13. The molecule has 0 bridgehead atoms. The molecule has 0 unspecified atom stereocenters. The Morgan fingerprint density at radius 1 is 0.239 bits per heavy atom. The molecule has 0 aliphatic heterocycles. The monoisotopic (exact) mass is 856 g/mol. The molecule has 0 N–H and O–H groups in total. The number of rotatable bonds is 9. The molecule has 3 heterocycles. The van der Waals surface area contributed by atoms with Crippen molar-refractivity contribution in [3.05, 3.63) is 243 Å². The van der Waals surface area contributed by atoms with Crippen LogP contribution in [0.3, 0.4) is 0 Å². The Morgan fingerprint density at radius 2 is 0.567 bits per heavy atom. The van der Waals surface area contributed by atoms with E-state index in [2.05, 4.69) is 150 Å². The molecule has 9 aromatic carbocycles. The van der Waals surface area contributed by atoms with Crippen LogP contribution >= 0.6 is 0 Å². The third kappa shape index (κ3) is 7.52. The van der Waals surface area contributed by atoms with Crippen LogP contribution in [0.5, 0.6) is 0 Å². The van der Waals surface area contributed by atoms with Gasteiger partial charge in [-0.1, -0.05) is 212 Å². The molecule has 0 atom stereocenters. The Bertz CT molecular complexity index is 3380. The molecular weight excluding hydrogens is 817 g/mol. The lowest BCUT2D eigenvalue weighted by atomic mass is 9.98. The molecule has 6 nitrogen and oxygen atoms in total. The van der Waals surface area contributed by atoms with Gasteiger partial charge in [-0.2, -0.15) is 0 Å². The lowest BCUT2D eigenvalue weighted by Gasteiger charge is -2.15. The summed E-state index contributed by atoms with van der Waals surface area (Å²) in [5, 5.41) is 2.31. The Kier molecular flexibility index (Phi) is 10.1. The van der Waals surface area contributed by atoms with Crippen molar-refractivity contribution in [2.45, 2.75) is 0 Å². The summed E-state index contributed by atoms with van der Waals surface area (Å²) in [4.78, 5) is 25.5. The fourth-order valence-electron chi connectivity index (χ4n) is 9.10. The first-order valence-corrected chi connectivity index (χ1v) is 22.4. The molecular formula is C61H40N6. The van der Waals surface area contributed by atoms with E-state index in [0.717, 1.165) is 94.5 Å². The van der Waals surface area contributed by atoms with E-state index < -0.39 is 0 Å². The first-order valence-electron chi connectivity index (χ1n) is 22.4. The largest absolute Gasteiger partial charge is 0.308 e. The van der Waals surface area contributed by atoms with E-state index in [4.69, 9.17) is 24.9 Å². The van der Waals surface area contributed by atoms with Crippen LogP contribution in [0.4, 0.5) is 0 Å². The molecule has 3 aromatic heterocycles. The first-order chi connectivity index (χ1) is 33.2.